The average Bonchev–Trinajstić information content (AvgIpc) is 2.66. The van der Waals surface area contributed by atoms with Gasteiger partial charge in [-0.3, -0.25) is 14.4 Å². The third kappa shape index (κ3) is 5.88. The van der Waals surface area contributed by atoms with Gasteiger partial charge in [0.1, 0.15) is 11.6 Å². The largest absolute Gasteiger partial charge is 0.355 e. The maximum absolute atomic E-state index is 13.5. The number of nitrogens with one attached hydrogen (secondary N) is 3. The van der Waals surface area contributed by atoms with Crippen LogP contribution >= 0.6 is 0 Å². The van der Waals surface area contributed by atoms with Crippen LogP contribution < -0.4 is 16.0 Å². The standard InChI is InChI=1S/C19H19F2N3O3/c1-22-18(26)13-4-2-12(3-5-13)11-24-17(25)8-9-23-19(27)15-7-6-14(20)10-16(15)21/h2-7,10H,8-9,11H2,1H3,(H,22,26)(H,23,27)(H,24,25). The second-order valence-corrected chi connectivity index (χ2v) is 5.68. The summed E-state index contributed by atoms with van der Waals surface area (Å²) in [7, 11) is 1.54. The van der Waals surface area contributed by atoms with Gasteiger partial charge in [-0.2, -0.15) is 0 Å². The molecule has 8 heteroatoms. The van der Waals surface area contributed by atoms with E-state index in [0.717, 1.165) is 17.7 Å². The molecule has 6 nitrogen and oxygen atoms in total. The summed E-state index contributed by atoms with van der Waals surface area (Å²) in [6, 6.07) is 9.41. The van der Waals surface area contributed by atoms with E-state index in [1.165, 1.54) is 0 Å². The van der Waals surface area contributed by atoms with Gasteiger partial charge in [-0.25, -0.2) is 8.78 Å². The molecule has 0 heterocycles. The van der Waals surface area contributed by atoms with Gasteiger partial charge in [0.15, 0.2) is 0 Å². The smallest absolute Gasteiger partial charge is 0.254 e. The molecule has 142 valence electrons. The van der Waals surface area contributed by atoms with Crippen molar-refractivity contribution in [2.45, 2.75) is 13.0 Å². The van der Waals surface area contributed by atoms with Gasteiger partial charge in [0, 0.05) is 38.2 Å². The maximum Gasteiger partial charge on any atom is 0.254 e. The number of rotatable bonds is 7. The molecule has 0 aromatic heterocycles. The molecule has 0 aliphatic rings. The molecule has 0 radical (unpaired) electrons. The van der Waals surface area contributed by atoms with Crippen LogP contribution in [0, 0.1) is 11.6 Å². The first-order valence-electron chi connectivity index (χ1n) is 8.21. The molecule has 0 spiro atoms. The lowest BCUT2D eigenvalue weighted by Crippen LogP contribution is -2.31. The Hall–Kier alpha value is -3.29. The van der Waals surface area contributed by atoms with Gasteiger partial charge in [-0.05, 0) is 29.8 Å². The van der Waals surface area contributed by atoms with Crippen LogP contribution in [0.25, 0.3) is 0 Å². The predicted octanol–water partition coefficient (Wildman–Crippen LogP) is 1.76. The van der Waals surface area contributed by atoms with Crippen LogP contribution in [0.5, 0.6) is 0 Å². The highest BCUT2D eigenvalue weighted by atomic mass is 19.1. The van der Waals surface area contributed by atoms with Crippen LogP contribution in [-0.2, 0) is 11.3 Å². The first-order chi connectivity index (χ1) is 12.9. The Morgan fingerprint density at radius 1 is 0.926 bits per heavy atom. The molecule has 27 heavy (non-hydrogen) atoms. The van der Waals surface area contributed by atoms with E-state index in [9.17, 15) is 23.2 Å². The SMILES string of the molecule is CNC(=O)c1ccc(CNC(=O)CCNC(=O)c2ccc(F)cc2F)cc1. The van der Waals surface area contributed by atoms with Crippen molar-refractivity contribution in [3.8, 4) is 0 Å². The number of hydrogen-bond donors (Lipinski definition) is 3. The number of amides is 3. The van der Waals surface area contributed by atoms with Gasteiger partial charge in [0.05, 0.1) is 5.56 Å². The summed E-state index contributed by atoms with van der Waals surface area (Å²) in [5.41, 5.74) is 1.05. The van der Waals surface area contributed by atoms with Crippen LogP contribution in [-0.4, -0.2) is 31.3 Å². The molecular weight excluding hydrogens is 356 g/mol. The molecule has 0 aliphatic heterocycles. The summed E-state index contributed by atoms with van der Waals surface area (Å²) in [6.07, 6.45) is 0.00484. The number of carbonyl (C=O) groups is 3. The molecule has 0 saturated carbocycles. The van der Waals surface area contributed by atoms with E-state index in [4.69, 9.17) is 0 Å². The Labute approximate surface area is 155 Å². The summed E-state index contributed by atoms with van der Waals surface area (Å²) in [6.45, 7) is 0.282. The van der Waals surface area contributed by atoms with Crippen LogP contribution in [0.15, 0.2) is 42.5 Å². The predicted molar refractivity (Wildman–Crippen MR) is 95.0 cm³/mol. The second kappa shape index (κ2) is 9.42. The van der Waals surface area contributed by atoms with E-state index < -0.39 is 17.5 Å². The van der Waals surface area contributed by atoms with Crippen molar-refractivity contribution in [3.05, 3.63) is 70.8 Å². The zero-order valence-electron chi connectivity index (χ0n) is 14.6. The molecule has 3 N–H and O–H groups in total. The first-order valence-corrected chi connectivity index (χ1v) is 8.21. The molecule has 0 bridgehead atoms. The van der Waals surface area contributed by atoms with Crippen molar-refractivity contribution in [1.82, 2.24) is 16.0 Å². The van der Waals surface area contributed by atoms with Crippen LogP contribution in [0.1, 0.15) is 32.7 Å². The van der Waals surface area contributed by atoms with Gasteiger partial charge in [0.2, 0.25) is 5.91 Å². The van der Waals surface area contributed by atoms with Crippen molar-refractivity contribution in [1.29, 1.82) is 0 Å². The first kappa shape index (κ1) is 20.0. The van der Waals surface area contributed by atoms with E-state index in [0.29, 0.717) is 11.6 Å². The molecule has 0 fully saturated rings. The van der Waals surface area contributed by atoms with E-state index in [-0.39, 0.29) is 36.9 Å². The molecule has 3 amide bonds. The lowest BCUT2D eigenvalue weighted by molar-refractivity contribution is -0.121. The fourth-order valence-electron chi connectivity index (χ4n) is 2.27. The minimum Gasteiger partial charge on any atom is -0.355 e. The molecule has 0 saturated heterocycles. The van der Waals surface area contributed by atoms with E-state index in [1.807, 2.05) is 0 Å². The van der Waals surface area contributed by atoms with Gasteiger partial charge in [0.25, 0.3) is 11.8 Å². The molecule has 2 aromatic carbocycles. The molecular formula is C19H19F2N3O3. The second-order valence-electron chi connectivity index (χ2n) is 5.68. The Balaban J connectivity index is 1.74. The van der Waals surface area contributed by atoms with Gasteiger partial charge in [-0.15, -0.1) is 0 Å². The number of hydrogen-bond acceptors (Lipinski definition) is 3. The van der Waals surface area contributed by atoms with Crippen molar-refractivity contribution >= 4 is 17.7 Å². The van der Waals surface area contributed by atoms with E-state index in [1.54, 1.807) is 31.3 Å². The molecule has 0 aliphatic carbocycles. The summed E-state index contributed by atoms with van der Waals surface area (Å²) in [5.74, 6) is -2.95. The Morgan fingerprint density at radius 2 is 1.63 bits per heavy atom. The summed E-state index contributed by atoms with van der Waals surface area (Å²) in [4.78, 5) is 35.1. The van der Waals surface area contributed by atoms with Crippen LogP contribution in [0.3, 0.4) is 0 Å². The Kier molecular flexibility index (Phi) is 6.99. The molecule has 2 aromatic rings. The van der Waals surface area contributed by atoms with Gasteiger partial charge < -0.3 is 16.0 Å². The maximum atomic E-state index is 13.5. The van der Waals surface area contributed by atoms with Crippen molar-refractivity contribution < 1.29 is 23.2 Å². The number of carbonyl (C=O) groups excluding carboxylic acids is 3. The highest BCUT2D eigenvalue weighted by Crippen LogP contribution is 2.09. The summed E-state index contributed by atoms with van der Waals surface area (Å²) in [5, 5.41) is 7.60. The highest BCUT2D eigenvalue weighted by molar-refractivity contribution is 5.95. The Morgan fingerprint density at radius 3 is 2.26 bits per heavy atom. The molecule has 0 unspecified atom stereocenters. The van der Waals surface area contributed by atoms with E-state index in [2.05, 4.69) is 16.0 Å². The van der Waals surface area contributed by atoms with Crippen LogP contribution in [0.4, 0.5) is 8.78 Å². The van der Waals surface area contributed by atoms with E-state index >= 15 is 0 Å². The third-order valence-electron chi connectivity index (χ3n) is 3.75. The lowest BCUT2D eigenvalue weighted by atomic mass is 10.1. The zero-order valence-corrected chi connectivity index (χ0v) is 14.6. The zero-order chi connectivity index (χ0) is 19.8. The van der Waals surface area contributed by atoms with Crippen molar-refractivity contribution in [2.75, 3.05) is 13.6 Å². The number of benzene rings is 2. The minimum atomic E-state index is -0.961. The van der Waals surface area contributed by atoms with Gasteiger partial charge >= 0.3 is 0 Å². The lowest BCUT2D eigenvalue weighted by Gasteiger charge is -2.08. The quantitative estimate of drug-likeness (QED) is 0.689. The monoisotopic (exact) mass is 375 g/mol. The normalized spacial score (nSPS) is 10.2. The summed E-state index contributed by atoms with van der Waals surface area (Å²) >= 11 is 0. The minimum absolute atomic E-state index is 0.00484. The average molecular weight is 375 g/mol. The Bertz CT molecular complexity index is 839. The van der Waals surface area contributed by atoms with Crippen LogP contribution in [0.2, 0.25) is 0 Å². The van der Waals surface area contributed by atoms with Crippen molar-refractivity contribution in [2.24, 2.45) is 0 Å². The topological polar surface area (TPSA) is 87.3 Å². The van der Waals surface area contributed by atoms with Gasteiger partial charge in [-0.1, -0.05) is 12.1 Å². The fourth-order valence-corrected chi connectivity index (χ4v) is 2.27. The van der Waals surface area contributed by atoms with Crippen molar-refractivity contribution in [3.63, 3.8) is 0 Å². The molecule has 0 atom stereocenters. The summed E-state index contributed by atoms with van der Waals surface area (Å²) < 4.78 is 26.3. The highest BCUT2D eigenvalue weighted by Gasteiger charge is 2.12. The number of halogens is 2. The fraction of sp³-hybridized carbons (Fsp3) is 0.211. The molecule has 2 rings (SSSR count). The third-order valence-corrected chi connectivity index (χ3v) is 3.75.